The summed E-state index contributed by atoms with van der Waals surface area (Å²) in [7, 11) is 0. The summed E-state index contributed by atoms with van der Waals surface area (Å²) in [6.45, 7) is 8.68. The summed E-state index contributed by atoms with van der Waals surface area (Å²) in [5, 5.41) is 19.3. The summed E-state index contributed by atoms with van der Waals surface area (Å²) < 4.78 is 0. The molecular weight excluding hydrogens is 300 g/mol. The molecule has 3 nitrogen and oxygen atoms in total. The third-order valence-electron chi connectivity index (χ3n) is 5.87. The summed E-state index contributed by atoms with van der Waals surface area (Å²) in [5.74, 6) is 0.838. The van der Waals surface area contributed by atoms with Gasteiger partial charge in [-0.15, -0.1) is 0 Å². The highest BCUT2D eigenvalue weighted by molar-refractivity contribution is 5.80. The Bertz CT molecular complexity index is 582. The first kappa shape index (κ1) is 18.7. The smallest absolute Gasteiger partial charge is 0.328 e. The molecule has 6 atom stereocenters. The normalized spacial score (nSPS) is 37.5. The SMILES string of the molecule is C/C=C(\C)C1C(C)=C[C@@H]2[C@H]([C@@H]1/C=C/C=C/C(=O)O)[C@@H](C)CC[C@@H]2O. The molecule has 2 rings (SSSR count). The van der Waals surface area contributed by atoms with Crippen molar-refractivity contribution in [1.29, 1.82) is 0 Å². The van der Waals surface area contributed by atoms with Crippen molar-refractivity contribution in [3.8, 4) is 0 Å². The molecule has 1 fully saturated rings. The van der Waals surface area contributed by atoms with Gasteiger partial charge in [0, 0.05) is 17.9 Å². The number of allylic oxidation sites excluding steroid dienone is 6. The van der Waals surface area contributed by atoms with Crippen LogP contribution in [0.15, 0.2) is 47.6 Å². The molecule has 0 heterocycles. The number of aliphatic hydroxyl groups excluding tert-OH is 1. The predicted octanol–water partition coefficient (Wildman–Crippen LogP) is 4.37. The Labute approximate surface area is 145 Å². The van der Waals surface area contributed by atoms with Gasteiger partial charge in [0.05, 0.1) is 6.10 Å². The van der Waals surface area contributed by atoms with Crippen molar-refractivity contribution in [2.75, 3.05) is 0 Å². The van der Waals surface area contributed by atoms with E-state index in [4.69, 9.17) is 5.11 Å². The van der Waals surface area contributed by atoms with E-state index in [1.807, 2.05) is 6.08 Å². The number of fused-ring (bicyclic) bond motifs is 1. The second-order valence-corrected chi connectivity index (χ2v) is 7.36. The Balaban J connectivity index is 2.42. The number of carboxylic acids is 1. The minimum atomic E-state index is -0.931. The Hall–Kier alpha value is -1.61. The Kier molecular flexibility index (Phi) is 6.22. The van der Waals surface area contributed by atoms with Gasteiger partial charge in [-0.25, -0.2) is 4.79 Å². The minimum Gasteiger partial charge on any atom is -0.478 e. The Morgan fingerprint density at radius 3 is 2.62 bits per heavy atom. The van der Waals surface area contributed by atoms with Crippen LogP contribution in [0.2, 0.25) is 0 Å². The fourth-order valence-electron chi connectivity index (χ4n) is 4.66. The average molecular weight is 330 g/mol. The van der Waals surface area contributed by atoms with Crippen LogP contribution in [0, 0.1) is 29.6 Å². The molecule has 0 bridgehead atoms. The van der Waals surface area contributed by atoms with Gasteiger partial charge in [-0.3, -0.25) is 0 Å². The fourth-order valence-corrected chi connectivity index (χ4v) is 4.66. The lowest BCUT2D eigenvalue weighted by molar-refractivity contribution is -0.131. The summed E-state index contributed by atoms with van der Waals surface area (Å²) in [4.78, 5) is 10.7. The van der Waals surface area contributed by atoms with E-state index in [1.165, 1.54) is 11.1 Å². The zero-order chi connectivity index (χ0) is 17.9. The predicted molar refractivity (Wildman–Crippen MR) is 97.5 cm³/mol. The monoisotopic (exact) mass is 330 g/mol. The van der Waals surface area contributed by atoms with Gasteiger partial charge in [0.1, 0.15) is 0 Å². The Morgan fingerprint density at radius 2 is 2.00 bits per heavy atom. The molecule has 0 saturated heterocycles. The van der Waals surface area contributed by atoms with Gasteiger partial charge in [0.15, 0.2) is 0 Å². The van der Waals surface area contributed by atoms with Crippen LogP contribution in [0.25, 0.3) is 0 Å². The molecular formula is C21H30O3. The van der Waals surface area contributed by atoms with E-state index in [9.17, 15) is 9.90 Å². The number of carboxylic acid groups (broad SMARTS) is 1. The zero-order valence-electron chi connectivity index (χ0n) is 15.1. The lowest BCUT2D eigenvalue weighted by Gasteiger charge is -2.48. The molecule has 0 aromatic heterocycles. The van der Waals surface area contributed by atoms with Crippen LogP contribution in [0.5, 0.6) is 0 Å². The van der Waals surface area contributed by atoms with E-state index in [2.05, 4.69) is 45.9 Å². The number of hydrogen-bond acceptors (Lipinski definition) is 2. The van der Waals surface area contributed by atoms with Crippen LogP contribution in [-0.2, 0) is 4.79 Å². The van der Waals surface area contributed by atoms with Crippen molar-refractivity contribution in [2.45, 2.75) is 46.6 Å². The number of aliphatic hydroxyl groups is 1. The van der Waals surface area contributed by atoms with Crippen LogP contribution >= 0.6 is 0 Å². The maximum atomic E-state index is 10.7. The van der Waals surface area contributed by atoms with Gasteiger partial charge >= 0.3 is 5.97 Å². The first-order valence-electron chi connectivity index (χ1n) is 8.93. The van der Waals surface area contributed by atoms with Crippen LogP contribution in [-0.4, -0.2) is 22.3 Å². The molecule has 0 aliphatic heterocycles. The Morgan fingerprint density at radius 1 is 1.29 bits per heavy atom. The van der Waals surface area contributed by atoms with Gasteiger partial charge in [-0.05, 0) is 51.4 Å². The molecule has 0 radical (unpaired) electrons. The number of rotatable bonds is 4. The van der Waals surface area contributed by atoms with Crippen molar-refractivity contribution in [2.24, 2.45) is 29.6 Å². The largest absolute Gasteiger partial charge is 0.478 e. The summed E-state index contributed by atoms with van der Waals surface area (Å²) in [5.41, 5.74) is 2.66. The lowest BCUT2D eigenvalue weighted by atomic mass is 9.57. The van der Waals surface area contributed by atoms with Crippen molar-refractivity contribution in [1.82, 2.24) is 0 Å². The highest BCUT2D eigenvalue weighted by Crippen LogP contribution is 2.50. The molecule has 24 heavy (non-hydrogen) atoms. The summed E-state index contributed by atoms with van der Waals surface area (Å²) >= 11 is 0. The molecule has 1 saturated carbocycles. The molecule has 2 N–H and O–H groups in total. The molecule has 0 aromatic carbocycles. The first-order chi connectivity index (χ1) is 11.4. The molecule has 1 unspecified atom stereocenters. The second kappa shape index (κ2) is 7.98. The van der Waals surface area contributed by atoms with Gasteiger partial charge in [-0.2, -0.15) is 0 Å². The minimum absolute atomic E-state index is 0.202. The van der Waals surface area contributed by atoms with Gasteiger partial charge < -0.3 is 10.2 Å². The van der Waals surface area contributed by atoms with Crippen molar-refractivity contribution in [3.63, 3.8) is 0 Å². The lowest BCUT2D eigenvalue weighted by Crippen LogP contribution is -2.45. The van der Waals surface area contributed by atoms with Crippen LogP contribution in [0.3, 0.4) is 0 Å². The molecule has 0 amide bonds. The topological polar surface area (TPSA) is 57.5 Å². The summed E-state index contributed by atoms with van der Waals surface area (Å²) in [6.07, 6.45) is 12.9. The maximum absolute atomic E-state index is 10.7. The highest BCUT2D eigenvalue weighted by atomic mass is 16.4. The first-order valence-corrected chi connectivity index (χ1v) is 8.93. The van der Waals surface area contributed by atoms with E-state index >= 15 is 0 Å². The van der Waals surface area contributed by atoms with Gasteiger partial charge in [0.2, 0.25) is 0 Å². The van der Waals surface area contributed by atoms with Crippen molar-refractivity contribution >= 4 is 5.97 Å². The number of aliphatic carboxylic acids is 1. The van der Waals surface area contributed by atoms with Crippen LogP contribution in [0.1, 0.15) is 40.5 Å². The molecule has 3 heteroatoms. The quantitative estimate of drug-likeness (QED) is 0.457. The van der Waals surface area contributed by atoms with Gasteiger partial charge in [0.25, 0.3) is 0 Å². The van der Waals surface area contributed by atoms with E-state index in [1.54, 1.807) is 6.08 Å². The second-order valence-electron chi connectivity index (χ2n) is 7.36. The van der Waals surface area contributed by atoms with Gasteiger partial charge in [-0.1, -0.05) is 48.5 Å². The molecule has 132 valence electrons. The van der Waals surface area contributed by atoms with E-state index in [-0.39, 0.29) is 12.0 Å². The maximum Gasteiger partial charge on any atom is 0.328 e. The third kappa shape index (κ3) is 3.89. The van der Waals surface area contributed by atoms with Crippen molar-refractivity contribution < 1.29 is 15.0 Å². The van der Waals surface area contributed by atoms with E-state index < -0.39 is 5.97 Å². The summed E-state index contributed by atoms with van der Waals surface area (Å²) in [6, 6.07) is 0. The molecule has 0 aromatic rings. The molecule has 0 spiro atoms. The standard InChI is InChI=1S/C21H30O3/c1-5-13(2)20-15(4)12-17-18(22)11-10-14(3)21(17)16(20)8-6-7-9-19(23)24/h5-9,12,14,16-18,20-22H,10-11H2,1-4H3,(H,23,24)/b8-6+,9-7+,13-5+/t14-,16+,17-,18-,20?,21-/m0/s1. The van der Waals surface area contributed by atoms with Crippen molar-refractivity contribution in [3.05, 3.63) is 47.6 Å². The third-order valence-corrected chi connectivity index (χ3v) is 5.87. The zero-order valence-corrected chi connectivity index (χ0v) is 15.1. The van der Waals surface area contributed by atoms with Crippen LogP contribution < -0.4 is 0 Å². The fraction of sp³-hybridized carbons (Fsp3) is 0.571. The highest BCUT2D eigenvalue weighted by Gasteiger charge is 2.45. The number of carbonyl (C=O) groups is 1. The van der Waals surface area contributed by atoms with E-state index in [0.29, 0.717) is 23.7 Å². The average Bonchev–Trinajstić information content (AvgIpc) is 2.53. The molecule has 2 aliphatic carbocycles. The molecule has 2 aliphatic rings. The van der Waals surface area contributed by atoms with E-state index in [0.717, 1.165) is 18.9 Å². The number of hydrogen-bond donors (Lipinski definition) is 2. The van der Waals surface area contributed by atoms with Crippen LogP contribution in [0.4, 0.5) is 0 Å².